The second-order valence-electron chi connectivity index (χ2n) is 3.52. The molecule has 1 N–H and O–H groups in total. The van der Waals surface area contributed by atoms with E-state index in [2.05, 4.69) is 12.2 Å². The number of rotatable bonds is 6. The smallest absolute Gasteiger partial charge is 0.123 e. The van der Waals surface area contributed by atoms with Crippen LogP contribution in [0.4, 0.5) is 4.39 Å². The number of nitrogens with one attached hydrogen (secondary N) is 1. The molecule has 0 spiro atoms. The molecule has 0 aliphatic carbocycles. The molecule has 0 fully saturated rings. The van der Waals surface area contributed by atoms with Crippen LogP contribution in [0.15, 0.2) is 24.3 Å². The molecule has 0 amide bonds. The third-order valence-electron chi connectivity index (χ3n) is 2.13. The molecular weight excluding hydrogens is 193 g/mol. The molecule has 1 aromatic rings. The summed E-state index contributed by atoms with van der Waals surface area (Å²) in [5, 5.41) is 3.23. The minimum absolute atomic E-state index is 0.148. The van der Waals surface area contributed by atoms with Crippen molar-refractivity contribution in [2.75, 3.05) is 13.1 Å². The van der Waals surface area contributed by atoms with Gasteiger partial charge < -0.3 is 10.1 Å². The quantitative estimate of drug-likeness (QED) is 0.730. The molecule has 0 radical (unpaired) electrons. The average Bonchev–Trinajstić information content (AvgIpc) is 2.22. The van der Waals surface area contributed by atoms with Crippen molar-refractivity contribution in [2.24, 2.45) is 0 Å². The molecule has 1 rings (SSSR count). The number of ether oxygens (including phenoxy) is 1. The average molecular weight is 211 g/mol. The van der Waals surface area contributed by atoms with Gasteiger partial charge in [0.2, 0.25) is 0 Å². The van der Waals surface area contributed by atoms with E-state index in [1.54, 1.807) is 12.1 Å². The van der Waals surface area contributed by atoms with Gasteiger partial charge in [0.1, 0.15) is 11.6 Å². The molecule has 84 valence electrons. The van der Waals surface area contributed by atoms with E-state index in [1.807, 2.05) is 6.92 Å². The van der Waals surface area contributed by atoms with Gasteiger partial charge in [-0.15, -0.1) is 0 Å². The number of hydrogen-bond donors (Lipinski definition) is 1. The number of halogens is 1. The lowest BCUT2D eigenvalue weighted by atomic mass is 10.2. The maximum atomic E-state index is 12.6. The summed E-state index contributed by atoms with van der Waals surface area (Å²) in [5.41, 5.74) is 0. The van der Waals surface area contributed by atoms with E-state index in [-0.39, 0.29) is 11.9 Å². The van der Waals surface area contributed by atoms with Gasteiger partial charge in [0.25, 0.3) is 0 Å². The Hall–Kier alpha value is -1.09. The molecule has 1 unspecified atom stereocenters. The molecule has 0 aliphatic heterocycles. The van der Waals surface area contributed by atoms with Crippen LogP contribution < -0.4 is 10.1 Å². The fourth-order valence-electron chi connectivity index (χ4n) is 1.29. The van der Waals surface area contributed by atoms with Crippen molar-refractivity contribution in [2.45, 2.75) is 26.4 Å². The fraction of sp³-hybridized carbons (Fsp3) is 0.500. The summed E-state index contributed by atoms with van der Waals surface area (Å²) < 4.78 is 18.2. The molecule has 1 aromatic carbocycles. The Kier molecular flexibility index (Phi) is 5.12. The molecule has 0 aliphatic rings. The first kappa shape index (κ1) is 12.0. The molecule has 0 saturated carbocycles. The molecule has 0 saturated heterocycles. The lowest BCUT2D eigenvalue weighted by Gasteiger charge is -2.14. The van der Waals surface area contributed by atoms with Gasteiger partial charge in [-0.2, -0.15) is 0 Å². The molecule has 0 bridgehead atoms. The van der Waals surface area contributed by atoms with E-state index in [9.17, 15) is 4.39 Å². The summed E-state index contributed by atoms with van der Waals surface area (Å²) in [6.45, 7) is 6.01. The lowest BCUT2D eigenvalue weighted by Crippen LogP contribution is -2.21. The van der Waals surface area contributed by atoms with E-state index in [4.69, 9.17) is 4.74 Å². The summed E-state index contributed by atoms with van der Waals surface area (Å²) >= 11 is 0. The van der Waals surface area contributed by atoms with Crippen molar-refractivity contribution in [3.8, 4) is 5.75 Å². The standard InChI is InChI=1S/C12H18FNO/c1-3-14-9-8-10(2)15-12-6-4-11(13)5-7-12/h4-7,10,14H,3,8-9H2,1-2H3. The maximum Gasteiger partial charge on any atom is 0.123 e. The van der Waals surface area contributed by atoms with E-state index in [0.29, 0.717) is 0 Å². The van der Waals surface area contributed by atoms with Gasteiger partial charge in [0, 0.05) is 0 Å². The Morgan fingerprint density at radius 1 is 1.33 bits per heavy atom. The van der Waals surface area contributed by atoms with Crippen LogP contribution >= 0.6 is 0 Å². The fourth-order valence-corrected chi connectivity index (χ4v) is 1.29. The van der Waals surface area contributed by atoms with Crippen molar-refractivity contribution in [1.29, 1.82) is 0 Å². The molecular formula is C12H18FNO. The minimum Gasteiger partial charge on any atom is -0.491 e. The summed E-state index contributed by atoms with van der Waals surface area (Å²) in [5.74, 6) is 0.489. The zero-order chi connectivity index (χ0) is 11.1. The molecule has 0 heterocycles. The van der Waals surface area contributed by atoms with E-state index in [0.717, 1.165) is 25.3 Å². The van der Waals surface area contributed by atoms with E-state index < -0.39 is 0 Å². The van der Waals surface area contributed by atoms with Crippen molar-refractivity contribution in [3.63, 3.8) is 0 Å². The van der Waals surface area contributed by atoms with Crippen LogP contribution in [0.25, 0.3) is 0 Å². The third kappa shape index (κ3) is 4.79. The van der Waals surface area contributed by atoms with Crippen LogP contribution in [-0.4, -0.2) is 19.2 Å². The topological polar surface area (TPSA) is 21.3 Å². The number of benzene rings is 1. The summed E-state index contributed by atoms with van der Waals surface area (Å²) in [6.07, 6.45) is 1.10. The van der Waals surface area contributed by atoms with Crippen LogP contribution in [0.3, 0.4) is 0 Å². The van der Waals surface area contributed by atoms with Crippen molar-refractivity contribution in [3.05, 3.63) is 30.1 Å². The van der Waals surface area contributed by atoms with Crippen LogP contribution in [0.2, 0.25) is 0 Å². The van der Waals surface area contributed by atoms with Gasteiger partial charge in [-0.05, 0) is 50.7 Å². The zero-order valence-electron chi connectivity index (χ0n) is 9.29. The van der Waals surface area contributed by atoms with E-state index >= 15 is 0 Å². The third-order valence-corrected chi connectivity index (χ3v) is 2.13. The maximum absolute atomic E-state index is 12.6. The van der Waals surface area contributed by atoms with Crippen LogP contribution in [-0.2, 0) is 0 Å². The highest BCUT2D eigenvalue weighted by molar-refractivity contribution is 5.22. The highest BCUT2D eigenvalue weighted by Gasteiger charge is 2.03. The Labute approximate surface area is 90.4 Å². The summed E-state index contributed by atoms with van der Waals surface area (Å²) in [6, 6.07) is 6.12. The largest absolute Gasteiger partial charge is 0.491 e. The highest BCUT2D eigenvalue weighted by atomic mass is 19.1. The monoisotopic (exact) mass is 211 g/mol. The van der Waals surface area contributed by atoms with Crippen LogP contribution in [0.1, 0.15) is 20.3 Å². The first-order valence-electron chi connectivity index (χ1n) is 5.35. The van der Waals surface area contributed by atoms with Gasteiger partial charge >= 0.3 is 0 Å². The normalized spacial score (nSPS) is 12.5. The van der Waals surface area contributed by atoms with Crippen LogP contribution in [0.5, 0.6) is 5.75 Å². The second-order valence-corrected chi connectivity index (χ2v) is 3.52. The zero-order valence-corrected chi connectivity index (χ0v) is 9.29. The highest BCUT2D eigenvalue weighted by Crippen LogP contribution is 2.13. The Balaban J connectivity index is 2.31. The van der Waals surface area contributed by atoms with Gasteiger partial charge in [-0.25, -0.2) is 4.39 Å². The van der Waals surface area contributed by atoms with Gasteiger partial charge in [0.15, 0.2) is 0 Å². The predicted octanol–water partition coefficient (Wildman–Crippen LogP) is 2.59. The predicted molar refractivity (Wildman–Crippen MR) is 59.7 cm³/mol. The molecule has 0 aromatic heterocycles. The van der Waals surface area contributed by atoms with Gasteiger partial charge in [-0.3, -0.25) is 0 Å². The summed E-state index contributed by atoms with van der Waals surface area (Å²) in [4.78, 5) is 0. The van der Waals surface area contributed by atoms with E-state index in [1.165, 1.54) is 12.1 Å². The van der Waals surface area contributed by atoms with Gasteiger partial charge in [0.05, 0.1) is 6.10 Å². The molecule has 2 nitrogen and oxygen atoms in total. The first-order chi connectivity index (χ1) is 7.22. The van der Waals surface area contributed by atoms with Gasteiger partial charge in [-0.1, -0.05) is 6.92 Å². The van der Waals surface area contributed by atoms with Crippen molar-refractivity contribution >= 4 is 0 Å². The second kappa shape index (κ2) is 6.40. The number of hydrogen-bond acceptors (Lipinski definition) is 2. The van der Waals surface area contributed by atoms with Crippen LogP contribution in [0, 0.1) is 5.82 Å². The molecule has 15 heavy (non-hydrogen) atoms. The Bertz CT molecular complexity index is 273. The summed E-state index contributed by atoms with van der Waals surface area (Å²) in [7, 11) is 0. The first-order valence-corrected chi connectivity index (χ1v) is 5.35. The Morgan fingerprint density at radius 2 is 2.00 bits per heavy atom. The SMILES string of the molecule is CCNCCC(C)Oc1ccc(F)cc1. The minimum atomic E-state index is -0.234. The van der Waals surface area contributed by atoms with Crippen molar-refractivity contribution in [1.82, 2.24) is 5.32 Å². The molecule has 1 atom stereocenters. The molecule has 3 heteroatoms. The van der Waals surface area contributed by atoms with Crippen molar-refractivity contribution < 1.29 is 9.13 Å². The Morgan fingerprint density at radius 3 is 2.60 bits per heavy atom. The lowest BCUT2D eigenvalue weighted by molar-refractivity contribution is 0.210.